The average molecular weight is 325 g/mol. The second kappa shape index (κ2) is 5.72. The molecule has 0 fully saturated rings. The van der Waals surface area contributed by atoms with Crippen LogP contribution in [-0.2, 0) is 0 Å². The maximum absolute atomic E-state index is 7.57. The molecule has 0 atom stereocenters. The van der Waals surface area contributed by atoms with Crippen molar-refractivity contribution in [2.45, 2.75) is 0 Å². The molecular weight excluding hydrogens is 307 g/mol. The summed E-state index contributed by atoms with van der Waals surface area (Å²) in [7, 11) is 0. The van der Waals surface area contributed by atoms with Gasteiger partial charge in [-0.15, -0.1) is 0 Å². The quantitative estimate of drug-likeness (QED) is 0.604. The second-order valence-corrected chi connectivity index (χ2v) is 11.4. The molecule has 3 aromatic carbocycles. The van der Waals surface area contributed by atoms with Crippen molar-refractivity contribution in [1.29, 1.82) is 0 Å². The maximum atomic E-state index is 7.57. The van der Waals surface area contributed by atoms with E-state index in [0.29, 0.717) is 0 Å². The molecule has 22 heavy (non-hydrogen) atoms. The van der Waals surface area contributed by atoms with Crippen LogP contribution in [0.2, 0.25) is 0 Å². The first-order valence-electron chi connectivity index (χ1n) is 7.24. The topological polar surface area (TPSA) is 0 Å². The van der Waals surface area contributed by atoms with Crippen LogP contribution in [0.4, 0.5) is 0 Å². The Morgan fingerprint density at radius 3 is 1.09 bits per heavy atom. The van der Waals surface area contributed by atoms with Crippen LogP contribution in [0.3, 0.4) is 0 Å². The molecule has 0 aliphatic carbocycles. The Bertz CT molecular complexity index is 667. The predicted molar refractivity (Wildman–Crippen MR) is 101 cm³/mol. The van der Waals surface area contributed by atoms with Crippen LogP contribution in [-0.4, -0.2) is 0 Å². The number of benzene rings is 3. The van der Waals surface area contributed by atoms with Gasteiger partial charge in [0.1, 0.15) is 0 Å². The molecule has 0 nitrogen and oxygen atoms in total. The van der Waals surface area contributed by atoms with Crippen molar-refractivity contribution in [2.24, 2.45) is 0 Å². The SMILES string of the molecule is C=CP(Cl)(c1ccccc1)(c1ccccc1)c1ccccc1. The number of halogens is 1. The zero-order valence-electron chi connectivity index (χ0n) is 12.3. The van der Waals surface area contributed by atoms with Gasteiger partial charge >= 0.3 is 137 Å². The van der Waals surface area contributed by atoms with Gasteiger partial charge < -0.3 is 0 Å². The van der Waals surface area contributed by atoms with Crippen molar-refractivity contribution in [3.63, 3.8) is 0 Å². The van der Waals surface area contributed by atoms with Gasteiger partial charge in [-0.25, -0.2) is 0 Å². The zero-order chi connectivity index (χ0) is 15.5. The van der Waals surface area contributed by atoms with Crippen LogP contribution >= 0.6 is 17.2 Å². The minimum atomic E-state index is -3.16. The van der Waals surface area contributed by atoms with Crippen LogP contribution in [0, 0.1) is 0 Å². The van der Waals surface area contributed by atoms with Crippen molar-refractivity contribution in [3.05, 3.63) is 103 Å². The molecule has 0 saturated heterocycles. The number of rotatable bonds is 4. The summed E-state index contributed by atoms with van der Waals surface area (Å²) in [4.78, 5) is 0. The summed E-state index contributed by atoms with van der Waals surface area (Å²) >= 11 is 7.57. The van der Waals surface area contributed by atoms with E-state index in [9.17, 15) is 0 Å². The molecule has 0 aliphatic heterocycles. The van der Waals surface area contributed by atoms with E-state index < -0.39 is 5.96 Å². The monoisotopic (exact) mass is 324 g/mol. The van der Waals surface area contributed by atoms with E-state index in [2.05, 4.69) is 43.0 Å². The predicted octanol–water partition coefficient (Wildman–Crippen LogP) is 4.81. The zero-order valence-corrected chi connectivity index (χ0v) is 13.9. The summed E-state index contributed by atoms with van der Waals surface area (Å²) in [6, 6.07) is 30.9. The van der Waals surface area contributed by atoms with Gasteiger partial charge in [0.2, 0.25) is 0 Å². The van der Waals surface area contributed by atoms with E-state index in [1.165, 1.54) is 0 Å². The molecule has 0 aliphatic rings. The summed E-state index contributed by atoms with van der Waals surface area (Å²) in [5.74, 6) is -1.20. The Morgan fingerprint density at radius 1 is 0.591 bits per heavy atom. The summed E-state index contributed by atoms with van der Waals surface area (Å²) < 4.78 is 0. The van der Waals surface area contributed by atoms with E-state index in [1.807, 2.05) is 60.4 Å². The van der Waals surface area contributed by atoms with Gasteiger partial charge in [-0.2, -0.15) is 0 Å². The molecule has 3 aromatic rings. The Morgan fingerprint density at radius 2 is 0.864 bits per heavy atom. The van der Waals surface area contributed by atoms with Gasteiger partial charge in [0.25, 0.3) is 0 Å². The molecule has 0 N–H and O–H groups in total. The van der Waals surface area contributed by atoms with E-state index >= 15 is 0 Å². The van der Waals surface area contributed by atoms with E-state index in [4.69, 9.17) is 11.2 Å². The molecule has 0 aromatic heterocycles. The van der Waals surface area contributed by atoms with Gasteiger partial charge in [0.05, 0.1) is 0 Å². The van der Waals surface area contributed by atoms with Crippen LogP contribution < -0.4 is 15.9 Å². The molecule has 0 unspecified atom stereocenters. The van der Waals surface area contributed by atoms with Crippen LogP contribution in [0.1, 0.15) is 0 Å². The van der Waals surface area contributed by atoms with Gasteiger partial charge in [0.15, 0.2) is 0 Å². The number of hydrogen-bond donors (Lipinski definition) is 0. The number of hydrogen-bond acceptors (Lipinski definition) is 0. The van der Waals surface area contributed by atoms with Crippen LogP contribution in [0.25, 0.3) is 0 Å². The molecular formula is C20H18ClP. The third-order valence-electron chi connectivity index (χ3n) is 4.13. The van der Waals surface area contributed by atoms with Crippen molar-refractivity contribution in [1.82, 2.24) is 0 Å². The fraction of sp³-hybridized carbons (Fsp3) is 0. The normalized spacial score (nSPS) is 13.0. The first-order chi connectivity index (χ1) is 10.7. The molecule has 0 radical (unpaired) electrons. The molecule has 2 heteroatoms. The molecule has 0 amide bonds. The minimum absolute atomic E-state index is 1.11. The molecule has 0 spiro atoms. The van der Waals surface area contributed by atoms with Gasteiger partial charge in [-0.05, 0) is 0 Å². The van der Waals surface area contributed by atoms with Gasteiger partial charge in [-0.1, -0.05) is 0 Å². The Balaban J connectivity index is 2.44. The molecule has 0 saturated carbocycles. The fourth-order valence-corrected chi connectivity index (χ4v) is 7.73. The Kier molecular flexibility index (Phi) is 3.91. The van der Waals surface area contributed by atoms with E-state index in [-0.39, 0.29) is 0 Å². The van der Waals surface area contributed by atoms with E-state index in [0.717, 1.165) is 15.9 Å². The first kappa shape index (κ1) is 15.0. The van der Waals surface area contributed by atoms with Crippen molar-refractivity contribution >= 4 is 33.1 Å². The first-order valence-corrected chi connectivity index (χ1v) is 10.4. The van der Waals surface area contributed by atoms with Crippen molar-refractivity contribution in [3.8, 4) is 0 Å². The third-order valence-corrected chi connectivity index (χ3v) is 10.9. The molecule has 0 heterocycles. The summed E-state index contributed by atoms with van der Waals surface area (Å²) in [6.45, 7) is 4.16. The summed E-state index contributed by atoms with van der Waals surface area (Å²) in [5.41, 5.74) is 0. The summed E-state index contributed by atoms with van der Waals surface area (Å²) in [6.07, 6.45) is 0. The van der Waals surface area contributed by atoms with E-state index in [1.54, 1.807) is 0 Å². The Hall–Kier alpha value is -1.88. The molecule has 0 bridgehead atoms. The van der Waals surface area contributed by atoms with Gasteiger partial charge in [0, 0.05) is 0 Å². The second-order valence-electron chi connectivity index (χ2n) is 5.26. The standard InChI is InChI=1S/C20H18ClP/c1-2-22(21,18-12-6-3-7-13-18,19-14-8-4-9-15-19)20-16-10-5-11-17-20/h2-17H,1H2. The fourth-order valence-electron chi connectivity index (χ4n) is 2.92. The van der Waals surface area contributed by atoms with Crippen LogP contribution in [0.15, 0.2) is 103 Å². The van der Waals surface area contributed by atoms with Gasteiger partial charge in [-0.3, -0.25) is 0 Å². The molecule has 3 rings (SSSR count). The Labute approximate surface area is 136 Å². The van der Waals surface area contributed by atoms with Crippen molar-refractivity contribution < 1.29 is 0 Å². The van der Waals surface area contributed by atoms with Crippen LogP contribution in [0.5, 0.6) is 0 Å². The third kappa shape index (κ3) is 2.11. The molecule has 110 valence electrons. The summed E-state index contributed by atoms with van der Waals surface area (Å²) in [5, 5.41) is 3.34. The van der Waals surface area contributed by atoms with Crippen molar-refractivity contribution in [2.75, 3.05) is 0 Å². The average Bonchev–Trinajstić information content (AvgIpc) is 2.63.